The summed E-state index contributed by atoms with van der Waals surface area (Å²) in [5.41, 5.74) is 4.09. The van der Waals surface area contributed by atoms with Crippen LogP contribution in [0.5, 0.6) is 0 Å². The fourth-order valence-electron chi connectivity index (χ4n) is 4.58. The van der Waals surface area contributed by atoms with E-state index in [0.29, 0.717) is 32.5 Å². The van der Waals surface area contributed by atoms with E-state index in [9.17, 15) is 9.59 Å². The minimum Gasteiger partial charge on any atom is -0.351 e. The number of nitrogens with one attached hydrogen (secondary N) is 1. The van der Waals surface area contributed by atoms with Crippen LogP contribution in [0.3, 0.4) is 0 Å². The summed E-state index contributed by atoms with van der Waals surface area (Å²) in [6.45, 7) is 1.87. The summed E-state index contributed by atoms with van der Waals surface area (Å²) in [6.07, 6.45) is 2.78. The van der Waals surface area contributed by atoms with Crippen LogP contribution in [-0.2, 0) is 16.1 Å². The van der Waals surface area contributed by atoms with E-state index in [1.165, 1.54) is 0 Å². The lowest BCUT2D eigenvalue weighted by atomic mass is 10.0. The molecule has 2 fully saturated rings. The number of carbonyl (C=O) groups excluding carboxylic acids is 2. The molecule has 5 rings (SSSR count). The summed E-state index contributed by atoms with van der Waals surface area (Å²) in [4.78, 5) is 30.9. The van der Waals surface area contributed by atoms with Gasteiger partial charge in [0, 0.05) is 49.5 Å². The predicted octanol–water partition coefficient (Wildman–Crippen LogP) is 2.95. The topological polar surface area (TPSA) is 67.2 Å². The third-order valence-corrected chi connectivity index (χ3v) is 6.09. The van der Waals surface area contributed by atoms with Gasteiger partial charge in [-0.15, -0.1) is 0 Å². The highest BCUT2D eigenvalue weighted by atomic mass is 16.2. The minimum atomic E-state index is 0.108. The molecule has 6 nitrogen and oxygen atoms in total. The number of carbonyl (C=O) groups is 2. The normalized spacial score (nSPS) is 20.3. The van der Waals surface area contributed by atoms with E-state index in [2.05, 4.69) is 39.1 Å². The van der Waals surface area contributed by atoms with Gasteiger partial charge in [0.25, 0.3) is 0 Å². The van der Waals surface area contributed by atoms with E-state index >= 15 is 0 Å². The number of amides is 2. The van der Waals surface area contributed by atoms with Gasteiger partial charge in [-0.1, -0.05) is 60.7 Å². The molecule has 0 radical (unpaired) electrons. The highest BCUT2D eigenvalue weighted by molar-refractivity contribution is 5.82. The second kappa shape index (κ2) is 7.78. The number of nitrogens with zero attached hydrogens (tertiary/aromatic N) is 3. The molecule has 6 heteroatoms. The molecular formula is C24H24N4O2. The van der Waals surface area contributed by atoms with E-state index in [-0.39, 0.29) is 23.8 Å². The molecule has 0 spiro atoms. The average Bonchev–Trinajstić information content (AvgIpc) is 3.46. The Labute approximate surface area is 175 Å². The van der Waals surface area contributed by atoms with Gasteiger partial charge < -0.3 is 14.8 Å². The van der Waals surface area contributed by atoms with Crippen LogP contribution in [0.2, 0.25) is 0 Å². The van der Waals surface area contributed by atoms with Crippen molar-refractivity contribution in [3.05, 3.63) is 67.0 Å². The van der Waals surface area contributed by atoms with Gasteiger partial charge in [-0.2, -0.15) is 0 Å². The molecule has 0 unspecified atom stereocenters. The first-order chi connectivity index (χ1) is 14.7. The van der Waals surface area contributed by atoms with Crippen LogP contribution in [0.4, 0.5) is 0 Å². The van der Waals surface area contributed by atoms with Crippen molar-refractivity contribution in [1.29, 1.82) is 0 Å². The summed E-state index contributed by atoms with van der Waals surface area (Å²) in [7, 11) is 0. The Bertz CT molecular complexity index is 1050. The van der Waals surface area contributed by atoms with E-state index in [1.54, 1.807) is 0 Å². The Morgan fingerprint density at radius 2 is 1.70 bits per heavy atom. The van der Waals surface area contributed by atoms with Crippen molar-refractivity contribution in [2.24, 2.45) is 5.92 Å². The number of benzene rings is 2. The van der Waals surface area contributed by atoms with Crippen LogP contribution >= 0.6 is 0 Å². The molecule has 1 aromatic heterocycles. The summed E-state index contributed by atoms with van der Waals surface area (Å²) in [6, 6.07) is 20.4. The number of likely N-dealkylation sites (tertiary alicyclic amines) is 1. The van der Waals surface area contributed by atoms with Gasteiger partial charge in [0.15, 0.2) is 0 Å². The van der Waals surface area contributed by atoms with Gasteiger partial charge in [0.05, 0.1) is 23.8 Å². The Hall–Kier alpha value is -3.41. The maximum absolute atomic E-state index is 12.8. The highest BCUT2D eigenvalue weighted by Crippen LogP contribution is 2.31. The summed E-state index contributed by atoms with van der Waals surface area (Å²) in [5, 5.41) is 2.98. The number of rotatable bonds is 5. The second-order valence-corrected chi connectivity index (χ2v) is 8.05. The van der Waals surface area contributed by atoms with Crippen LogP contribution < -0.4 is 5.32 Å². The molecule has 2 saturated heterocycles. The molecule has 0 saturated carbocycles. The molecule has 0 bridgehead atoms. The maximum atomic E-state index is 12.8. The smallest absolute Gasteiger partial charge is 0.224 e. The zero-order chi connectivity index (χ0) is 20.5. The fraction of sp³-hybridized carbons (Fsp3) is 0.292. The van der Waals surface area contributed by atoms with E-state index in [4.69, 9.17) is 0 Å². The van der Waals surface area contributed by atoms with Crippen molar-refractivity contribution < 1.29 is 9.59 Å². The molecule has 30 heavy (non-hydrogen) atoms. The first kappa shape index (κ1) is 18.6. The molecule has 2 amide bonds. The standard InChI is InChI=1S/C24H24N4O2/c29-21-13-19-14-28(15-20(19)26-21)22(30)11-12-27-16-25-23(17-7-3-1-4-8-17)24(27)18-9-5-2-6-10-18/h1-10,16,19-20H,11-15H2,(H,26,29)/t19-,20+/m0/s1. The zero-order valence-corrected chi connectivity index (χ0v) is 16.7. The van der Waals surface area contributed by atoms with E-state index < -0.39 is 0 Å². The average molecular weight is 400 g/mol. The van der Waals surface area contributed by atoms with E-state index in [1.807, 2.05) is 47.6 Å². The number of imidazole rings is 1. The zero-order valence-electron chi connectivity index (χ0n) is 16.7. The SMILES string of the molecule is O=C1C[C@H]2CN(C(=O)CCn3cnc(-c4ccccc4)c3-c3ccccc3)C[C@H]2N1. The number of aryl methyl sites for hydroxylation is 1. The number of hydrogen-bond donors (Lipinski definition) is 1. The summed E-state index contributed by atoms with van der Waals surface area (Å²) >= 11 is 0. The van der Waals surface area contributed by atoms with E-state index in [0.717, 1.165) is 22.5 Å². The quantitative estimate of drug-likeness (QED) is 0.716. The van der Waals surface area contributed by atoms with Crippen molar-refractivity contribution in [3.8, 4) is 22.5 Å². The molecule has 1 N–H and O–H groups in total. The molecule has 2 atom stereocenters. The molecule has 2 aliphatic heterocycles. The van der Waals surface area contributed by atoms with Gasteiger partial charge in [0.2, 0.25) is 11.8 Å². The monoisotopic (exact) mass is 400 g/mol. The Morgan fingerprint density at radius 1 is 1.00 bits per heavy atom. The Balaban J connectivity index is 1.35. The first-order valence-corrected chi connectivity index (χ1v) is 10.4. The van der Waals surface area contributed by atoms with Crippen LogP contribution in [-0.4, -0.2) is 45.4 Å². The van der Waals surface area contributed by atoms with Gasteiger partial charge in [-0.3, -0.25) is 9.59 Å². The molecule has 2 aliphatic rings. The molecule has 2 aromatic carbocycles. The lowest BCUT2D eigenvalue weighted by Gasteiger charge is -2.18. The van der Waals surface area contributed by atoms with Gasteiger partial charge in [-0.25, -0.2) is 4.98 Å². The largest absolute Gasteiger partial charge is 0.351 e. The number of fused-ring (bicyclic) bond motifs is 1. The maximum Gasteiger partial charge on any atom is 0.224 e. The number of hydrogen-bond acceptors (Lipinski definition) is 3. The molecule has 3 heterocycles. The van der Waals surface area contributed by atoms with Crippen LogP contribution in [0.25, 0.3) is 22.5 Å². The Morgan fingerprint density at radius 3 is 2.40 bits per heavy atom. The highest BCUT2D eigenvalue weighted by Gasteiger charge is 2.41. The van der Waals surface area contributed by atoms with Crippen LogP contribution in [0, 0.1) is 5.92 Å². The third-order valence-electron chi connectivity index (χ3n) is 6.09. The van der Waals surface area contributed by atoms with Crippen molar-refractivity contribution in [1.82, 2.24) is 19.8 Å². The Kier molecular flexibility index (Phi) is 4.83. The van der Waals surface area contributed by atoms with Crippen LogP contribution in [0.15, 0.2) is 67.0 Å². The molecule has 152 valence electrons. The summed E-state index contributed by atoms with van der Waals surface area (Å²) < 4.78 is 2.08. The second-order valence-electron chi connectivity index (χ2n) is 8.05. The third kappa shape index (κ3) is 3.49. The van der Waals surface area contributed by atoms with Crippen LogP contribution in [0.1, 0.15) is 12.8 Å². The van der Waals surface area contributed by atoms with Crippen molar-refractivity contribution >= 4 is 11.8 Å². The molecule has 0 aliphatic carbocycles. The fourth-order valence-corrected chi connectivity index (χ4v) is 4.58. The van der Waals surface area contributed by atoms with Crippen molar-refractivity contribution in [3.63, 3.8) is 0 Å². The van der Waals surface area contributed by atoms with Crippen molar-refractivity contribution in [2.45, 2.75) is 25.4 Å². The minimum absolute atomic E-state index is 0.108. The number of aromatic nitrogens is 2. The van der Waals surface area contributed by atoms with Crippen molar-refractivity contribution in [2.75, 3.05) is 13.1 Å². The lowest BCUT2D eigenvalue weighted by molar-refractivity contribution is -0.131. The summed E-state index contributed by atoms with van der Waals surface area (Å²) in [5.74, 6) is 0.503. The molecular weight excluding hydrogens is 376 g/mol. The lowest BCUT2D eigenvalue weighted by Crippen LogP contribution is -2.35. The van der Waals surface area contributed by atoms with Gasteiger partial charge in [-0.05, 0) is 0 Å². The molecule has 3 aromatic rings. The first-order valence-electron chi connectivity index (χ1n) is 10.4. The van der Waals surface area contributed by atoms with Gasteiger partial charge in [0.1, 0.15) is 0 Å². The van der Waals surface area contributed by atoms with Gasteiger partial charge >= 0.3 is 0 Å². The predicted molar refractivity (Wildman–Crippen MR) is 114 cm³/mol.